The third-order valence-electron chi connectivity index (χ3n) is 3.36. The van der Waals surface area contributed by atoms with Crippen molar-refractivity contribution < 1.29 is 24.5 Å². The molecule has 0 fully saturated rings. The number of rotatable bonds is 1. The minimum absolute atomic E-state index is 0.287. The molecule has 1 heterocycles. The molecular formula is C12H15NO5. The predicted molar refractivity (Wildman–Crippen MR) is 62.1 cm³/mol. The molecule has 2 aliphatic rings. The molecule has 6 heteroatoms. The summed E-state index contributed by atoms with van der Waals surface area (Å²) in [7, 11) is 0. The summed E-state index contributed by atoms with van der Waals surface area (Å²) in [6.07, 6.45) is 2.51. The van der Waals surface area contributed by atoms with Crippen molar-refractivity contribution in [1.29, 1.82) is 0 Å². The van der Waals surface area contributed by atoms with Crippen molar-refractivity contribution in [1.82, 2.24) is 4.90 Å². The molecule has 0 aromatic rings. The van der Waals surface area contributed by atoms with E-state index in [0.29, 0.717) is 12.2 Å². The molecule has 18 heavy (non-hydrogen) atoms. The fourth-order valence-electron chi connectivity index (χ4n) is 2.30. The molecule has 6 nitrogen and oxygen atoms in total. The predicted octanol–water partition coefficient (Wildman–Crippen LogP) is 1.30. The van der Waals surface area contributed by atoms with Crippen LogP contribution in [0.15, 0.2) is 23.5 Å². The Bertz CT molecular complexity index is 440. The second kappa shape index (κ2) is 4.72. The van der Waals surface area contributed by atoms with Gasteiger partial charge >= 0.3 is 12.1 Å². The Morgan fingerprint density at radius 1 is 1.44 bits per heavy atom. The minimum atomic E-state index is -1.01. The zero-order valence-electron chi connectivity index (χ0n) is 10.00. The number of carbonyl (C=O) groups is 2. The Morgan fingerprint density at radius 2 is 2.17 bits per heavy atom. The van der Waals surface area contributed by atoms with Gasteiger partial charge in [0.1, 0.15) is 12.4 Å². The molecule has 0 saturated carbocycles. The molecule has 1 amide bonds. The Morgan fingerprint density at radius 3 is 2.78 bits per heavy atom. The van der Waals surface area contributed by atoms with E-state index in [1.165, 1.54) is 4.90 Å². The van der Waals surface area contributed by atoms with E-state index in [-0.39, 0.29) is 19.2 Å². The van der Waals surface area contributed by atoms with E-state index in [4.69, 9.17) is 14.9 Å². The molecule has 98 valence electrons. The lowest BCUT2D eigenvalue weighted by atomic mass is 9.89. The van der Waals surface area contributed by atoms with Crippen LogP contribution in [0, 0.1) is 5.92 Å². The van der Waals surface area contributed by atoms with Gasteiger partial charge in [-0.2, -0.15) is 0 Å². The smallest absolute Gasteiger partial charge is 0.407 e. The van der Waals surface area contributed by atoms with Crippen LogP contribution in [0.3, 0.4) is 0 Å². The standard InChI is InChI=1S/C12H15NO5/c1-7-9-6-8(11(14)15)2-3-10(9)18-5-4-13(7)12(16)17/h2-3,7-8H,4-6H2,1H3,(H,14,15)(H,16,17)/t7-,8?/m1/s1. The number of amides is 1. The summed E-state index contributed by atoms with van der Waals surface area (Å²) < 4.78 is 5.48. The highest BCUT2D eigenvalue weighted by molar-refractivity contribution is 5.73. The topological polar surface area (TPSA) is 87.1 Å². The molecule has 0 saturated heterocycles. The number of hydrogen-bond acceptors (Lipinski definition) is 3. The first-order valence-corrected chi connectivity index (χ1v) is 5.77. The van der Waals surface area contributed by atoms with Gasteiger partial charge in [0.25, 0.3) is 0 Å². The van der Waals surface area contributed by atoms with Gasteiger partial charge in [0.05, 0.1) is 18.5 Å². The maximum Gasteiger partial charge on any atom is 0.407 e. The summed E-state index contributed by atoms with van der Waals surface area (Å²) in [5.74, 6) is -0.900. The molecule has 0 bridgehead atoms. The third kappa shape index (κ3) is 2.18. The van der Waals surface area contributed by atoms with E-state index in [1.54, 1.807) is 19.1 Å². The molecule has 2 atom stereocenters. The highest BCUT2D eigenvalue weighted by Crippen LogP contribution is 2.31. The van der Waals surface area contributed by atoms with Gasteiger partial charge in [-0.15, -0.1) is 0 Å². The molecule has 0 spiro atoms. The van der Waals surface area contributed by atoms with E-state index >= 15 is 0 Å². The van der Waals surface area contributed by atoms with Gasteiger partial charge in [-0.05, 0) is 25.0 Å². The van der Waals surface area contributed by atoms with Gasteiger partial charge in [0, 0.05) is 0 Å². The monoisotopic (exact) mass is 253 g/mol. The lowest BCUT2D eigenvalue weighted by Crippen LogP contribution is -2.40. The number of ether oxygens (including phenoxy) is 1. The fraction of sp³-hybridized carbons (Fsp3) is 0.500. The maximum absolute atomic E-state index is 11.1. The van der Waals surface area contributed by atoms with Crippen molar-refractivity contribution in [2.45, 2.75) is 19.4 Å². The van der Waals surface area contributed by atoms with Crippen LogP contribution in [-0.4, -0.2) is 46.4 Å². The first-order chi connectivity index (χ1) is 8.50. The first kappa shape index (κ1) is 12.5. The Hall–Kier alpha value is -1.98. The van der Waals surface area contributed by atoms with Crippen LogP contribution >= 0.6 is 0 Å². The molecule has 1 unspecified atom stereocenters. The van der Waals surface area contributed by atoms with Crippen molar-refractivity contribution in [2.75, 3.05) is 13.2 Å². The Labute approximate surface area is 104 Å². The number of carboxylic acids is 1. The number of aliphatic carboxylic acids is 1. The first-order valence-electron chi connectivity index (χ1n) is 5.77. The van der Waals surface area contributed by atoms with Crippen LogP contribution in [-0.2, 0) is 9.53 Å². The summed E-state index contributed by atoms with van der Waals surface area (Å²) in [4.78, 5) is 23.4. The highest BCUT2D eigenvalue weighted by atomic mass is 16.5. The molecule has 0 aromatic carbocycles. The van der Waals surface area contributed by atoms with Crippen LogP contribution in [0.1, 0.15) is 13.3 Å². The fourth-order valence-corrected chi connectivity index (χ4v) is 2.30. The van der Waals surface area contributed by atoms with E-state index in [9.17, 15) is 9.59 Å². The van der Waals surface area contributed by atoms with Gasteiger partial charge in [0.15, 0.2) is 0 Å². The number of allylic oxidation sites excluding steroid dienone is 1. The van der Waals surface area contributed by atoms with E-state index in [2.05, 4.69) is 0 Å². The second-order valence-electron chi connectivity index (χ2n) is 4.40. The van der Waals surface area contributed by atoms with Crippen LogP contribution in [0.4, 0.5) is 4.79 Å². The molecule has 2 rings (SSSR count). The summed E-state index contributed by atoms with van der Waals surface area (Å²) in [6.45, 7) is 2.34. The van der Waals surface area contributed by atoms with Crippen molar-refractivity contribution in [2.24, 2.45) is 5.92 Å². The van der Waals surface area contributed by atoms with Gasteiger partial charge in [0.2, 0.25) is 0 Å². The van der Waals surface area contributed by atoms with Crippen molar-refractivity contribution in [3.63, 3.8) is 0 Å². The van der Waals surface area contributed by atoms with E-state index in [0.717, 1.165) is 5.57 Å². The van der Waals surface area contributed by atoms with Gasteiger partial charge in [-0.1, -0.05) is 6.08 Å². The van der Waals surface area contributed by atoms with E-state index < -0.39 is 18.0 Å². The molecular weight excluding hydrogens is 238 g/mol. The summed E-state index contributed by atoms with van der Waals surface area (Å²) in [5, 5.41) is 18.1. The number of nitrogens with zero attached hydrogens (tertiary/aromatic N) is 1. The average Bonchev–Trinajstić information content (AvgIpc) is 2.48. The zero-order chi connectivity index (χ0) is 13.3. The summed E-state index contributed by atoms with van der Waals surface area (Å²) >= 11 is 0. The number of hydrogen-bond donors (Lipinski definition) is 2. The molecule has 0 aromatic heterocycles. The minimum Gasteiger partial charge on any atom is -0.492 e. The maximum atomic E-state index is 11.1. The summed E-state index contributed by atoms with van der Waals surface area (Å²) in [6, 6.07) is -0.355. The summed E-state index contributed by atoms with van der Waals surface area (Å²) in [5.41, 5.74) is 0.741. The average molecular weight is 253 g/mol. The molecule has 1 aliphatic carbocycles. The van der Waals surface area contributed by atoms with Crippen LogP contribution in [0.25, 0.3) is 0 Å². The van der Waals surface area contributed by atoms with E-state index in [1.807, 2.05) is 0 Å². The SMILES string of the molecule is C[C@@H]1C2=C(C=CC(C(=O)O)C2)OCCN1C(=O)O. The number of carboxylic acid groups (broad SMARTS) is 2. The lowest BCUT2D eigenvalue weighted by molar-refractivity contribution is -0.140. The Kier molecular flexibility index (Phi) is 3.27. The van der Waals surface area contributed by atoms with Crippen LogP contribution < -0.4 is 0 Å². The molecule has 0 radical (unpaired) electrons. The Balaban J connectivity index is 2.28. The highest BCUT2D eigenvalue weighted by Gasteiger charge is 2.32. The second-order valence-corrected chi connectivity index (χ2v) is 4.40. The van der Waals surface area contributed by atoms with Crippen LogP contribution in [0.5, 0.6) is 0 Å². The largest absolute Gasteiger partial charge is 0.492 e. The zero-order valence-corrected chi connectivity index (χ0v) is 10.00. The van der Waals surface area contributed by atoms with Gasteiger partial charge in [-0.3, -0.25) is 9.69 Å². The quantitative estimate of drug-likeness (QED) is 0.735. The van der Waals surface area contributed by atoms with Gasteiger partial charge in [-0.25, -0.2) is 4.79 Å². The van der Waals surface area contributed by atoms with Gasteiger partial charge < -0.3 is 14.9 Å². The molecule has 2 N–H and O–H groups in total. The lowest BCUT2D eigenvalue weighted by Gasteiger charge is -2.27. The van der Waals surface area contributed by atoms with Crippen LogP contribution in [0.2, 0.25) is 0 Å². The van der Waals surface area contributed by atoms with Crippen molar-refractivity contribution in [3.05, 3.63) is 23.5 Å². The normalized spacial score (nSPS) is 27.3. The third-order valence-corrected chi connectivity index (χ3v) is 3.36. The van der Waals surface area contributed by atoms with Crippen molar-refractivity contribution in [3.8, 4) is 0 Å². The van der Waals surface area contributed by atoms with Crippen molar-refractivity contribution >= 4 is 12.1 Å². The molecule has 1 aliphatic heterocycles.